The molecule has 1 aromatic heterocycles. The molecule has 1 aromatic carbocycles. The van der Waals surface area contributed by atoms with E-state index in [0.717, 1.165) is 49.6 Å². The molecular weight excluding hydrogens is 360 g/mol. The molecule has 0 unspecified atom stereocenters. The summed E-state index contributed by atoms with van der Waals surface area (Å²) < 4.78 is 0. The summed E-state index contributed by atoms with van der Waals surface area (Å²) in [4.78, 5) is 21.1. The first kappa shape index (κ1) is 19.6. The van der Waals surface area contributed by atoms with Crippen molar-refractivity contribution in [2.75, 3.05) is 44.2 Å². The minimum absolute atomic E-state index is 0.0885. The van der Waals surface area contributed by atoms with E-state index < -0.39 is 0 Å². The molecule has 0 spiro atoms. The molecular formula is C21H27ClN4O. The van der Waals surface area contributed by atoms with Gasteiger partial charge in [0, 0.05) is 55.8 Å². The molecule has 0 radical (unpaired) electrons. The Balaban J connectivity index is 1.43. The van der Waals surface area contributed by atoms with Crippen molar-refractivity contribution in [3.63, 3.8) is 0 Å². The van der Waals surface area contributed by atoms with Crippen LogP contribution in [0.25, 0.3) is 0 Å². The van der Waals surface area contributed by atoms with E-state index in [1.54, 1.807) is 0 Å². The standard InChI is InChI=1S/C21H27ClN4O/c1-17-15-23-8-7-20(17)26-11-3-10-25(12-13-26)16-21(27)24-9-6-18-4-2-5-19(22)14-18/h2,4-5,7-8,14-15H,3,6,9-13,16H2,1H3,(H,24,27). The monoisotopic (exact) mass is 386 g/mol. The maximum absolute atomic E-state index is 12.3. The predicted octanol–water partition coefficient (Wildman–Crippen LogP) is 2.91. The van der Waals surface area contributed by atoms with Gasteiger partial charge in [0.25, 0.3) is 0 Å². The molecule has 0 aliphatic carbocycles. The summed E-state index contributed by atoms with van der Waals surface area (Å²) in [6.07, 6.45) is 5.60. The maximum Gasteiger partial charge on any atom is 0.234 e. The van der Waals surface area contributed by atoms with Gasteiger partial charge in [-0.3, -0.25) is 14.7 Å². The Morgan fingerprint density at radius 2 is 2.11 bits per heavy atom. The van der Waals surface area contributed by atoms with Crippen LogP contribution in [0.3, 0.4) is 0 Å². The highest BCUT2D eigenvalue weighted by Crippen LogP contribution is 2.19. The summed E-state index contributed by atoms with van der Waals surface area (Å²) in [5.41, 5.74) is 3.59. The van der Waals surface area contributed by atoms with E-state index >= 15 is 0 Å². The van der Waals surface area contributed by atoms with E-state index in [1.807, 2.05) is 36.7 Å². The van der Waals surface area contributed by atoms with Gasteiger partial charge in [-0.2, -0.15) is 0 Å². The van der Waals surface area contributed by atoms with Gasteiger partial charge < -0.3 is 10.2 Å². The van der Waals surface area contributed by atoms with Gasteiger partial charge in [-0.15, -0.1) is 0 Å². The number of halogens is 1. The number of rotatable bonds is 6. The van der Waals surface area contributed by atoms with Crippen molar-refractivity contribution in [2.24, 2.45) is 0 Å². The smallest absolute Gasteiger partial charge is 0.234 e. The van der Waals surface area contributed by atoms with E-state index in [2.05, 4.69) is 33.1 Å². The third kappa shape index (κ3) is 5.94. The van der Waals surface area contributed by atoms with Crippen LogP contribution in [0.4, 0.5) is 5.69 Å². The van der Waals surface area contributed by atoms with Crippen molar-refractivity contribution in [3.8, 4) is 0 Å². The number of pyridine rings is 1. The van der Waals surface area contributed by atoms with E-state index in [1.165, 1.54) is 11.3 Å². The minimum atomic E-state index is 0.0885. The van der Waals surface area contributed by atoms with Gasteiger partial charge in [0.2, 0.25) is 5.91 Å². The number of amides is 1. The Morgan fingerprint density at radius 1 is 1.22 bits per heavy atom. The number of hydrogen-bond donors (Lipinski definition) is 1. The number of aromatic nitrogens is 1. The van der Waals surface area contributed by atoms with Gasteiger partial charge in [0.1, 0.15) is 0 Å². The molecule has 1 saturated heterocycles. The Bertz CT molecular complexity index is 767. The van der Waals surface area contributed by atoms with Crippen LogP contribution in [0.15, 0.2) is 42.7 Å². The van der Waals surface area contributed by atoms with Crippen LogP contribution in [0.5, 0.6) is 0 Å². The highest BCUT2D eigenvalue weighted by molar-refractivity contribution is 6.30. The van der Waals surface area contributed by atoms with E-state index in [4.69, 9.17) is 11.6 Å². The maximum atomic E-state index is 12.3. The average Bonchev–Trinajstić information content (AvgIpc) is 2.88. The molecule has 27 heavy (non-hydrogen) atoms. The van der Waals surface area contributed by atoms with E-state index in [9.17, 15) is 4.79 Å². The first-order chi connectivity index (χ1) is 13.1. The Kier molecular flexibility index (Phi) is 7.07. The summed E-state index contributed by atoms with van der Waals surface area (Å²) in [6.45, 7) is 6.97. The lowest BCUT2D eigenvalue weighted by Gasteiger charge is -2.24. The highest BCUT2D eigenvalue weighted by Gasteiger charge is 2.18. The Labute approximate surface area is 166 Å². The number of anilines is 1. The van der Waals surface area contributed by atoms with Crippen LogP contribution < -0.4 is 10.2 Å². The van der Waals surface area contributed by atoms with Gasteiger partial charge >= 0.3 is 0 Å². The van der Waals surface area contributed by atoms with Gasteiger partial charge in [0.15, 0.2) is 0 Å². The lowest BCUT2D eigenvalue weighted by Crippen LogP contribution is -2.39. The molecule has 0 atom stereocenters. The fourth-order valence-corrected chi connectivity index (χ4v) is 3.70. The topological polar surface area (TPSA) is 48.5 Å². The fraction of sp³-hybridized carbons (Fsp3) is 0.429. The van der Waals surface area contributed by atoms with Crippen LogP contribution in [0, 0.1) is 6.92 Å². The van der Waals surface area contributed by atoms with Crippen LogP contribution in [-0.4, -0.2) is 55.1 Å². The average molecular weight is 387 g/mol. The molecule has 0 saturated carbocycles. The fourth-order valence-electron chi connectivity index (χ4n) is 3.49. The number of carbonyl (C=O) groups excluding carboxylic acids is 1. The van der Waals surface area contributed by atoms with Gasteiger partial charge in [-0.05, 0) is 49.1 Å². The van der Waals surface area contributed by atoms with Crippen LogP contribution in [-0.2, 0) is 11.2 Å². The lowest BCUT2D eigenvalue weighted by molar-refractivity contribution is -0.122. The quantitative estimate of drug-likeness (QED) is 0.829. The zero-order valence-corrected chi connectivity index (χ0v) is 16.6. The zero-order chi connectivity index (χ0) is 19.1. The van der Waals surface area contributed by atoms with Crippen LogP contribution in [0.1, 0.15) is 17.5 Å². The van der Waals surface area contributed by atoms with Gasteiger partial charge in [-0.1, -0.05) is 23.7 Å². The van der Waals surface area contributed by atoms with Crippen LogP contribution >= 0.6 is 11.6 Å². The molecule has 144 valence electrons. The van der Waals surface area contributed by atoms with E-state index in [-0.39, 0.29) is 5.91 Å². The van der Waals surface area contributed by atoms with Crippen molar-refractivity contribution in [1.29, 1.82) is 0 Å². The molecule has 5 nitrogen and oxygen atoms in total. The molecule has 1 aliphatic rings. The second-order valence-corrected chi connectivity index (χ2v) is 7.45. The van der Waals surface area contributed by atoms with Crippen molar-refractivity contribution in [2.45, 2.75) is 19.8 Å². The molecule has 1 aliphatic heterocycles. The van der Waals surface area contributed by atoms with Crippen molar-refractivity contribution < 1.29 is 4.79 Å². The number of benzene rings is 1. The molecule has 2 heterocycles. The van der Waals surface area contributed by atoms with Gasteiger partial charge in [0.05, 0.1) is 6.54 Å². The number of nitrogens with one attached hydrogen (secondary N) is 1. The van der Waals surface area contributed by atoms with Gasteiger partial charge in [-0.25, -0.2) is 0 Å². The van der Waals surface area contributed by atoms with Crippen LogP contribution in [0.2, 0.25) is 5.02 Å². The Hall–Kier alpha value is -2.11. The molecule has 1 amide bonds. The van der Waals surface area contributed by atoms with Crippen molar-refractivity contribution in [1.82, 2.24) is 15.2 Å². The zero-order valence-electron chi connectivity index (χ0n) is 15.8. The summed E-state index contributed by atoms with van der Waals surface area (Å²) in [6, 6.07) is 9.85. The largest absolute Gasteiger partial charge is 0.370 e. The number of aryl methyl sites for hydroxylation is 1. The number of carbonyl (C=O) groups is 1. The first-order valence-corrected chi connectivity index (χ1v) is 9.88. The highest BCUT2D eigenvalue weighted by atomic mass is 35.5. The predicted molar refractivity (Wildman–Crippen MR) is 110 cm³/mol. The Morgan fingerprint density at radius 3 is 2.93 bits per heavy atom. The SMILES string of the molecule is Cc1cnccc1N1CCCN(CC(=O)NCCc2cccc(Cl)c2)CC1. The summed E-state index contributed by atoms with van der Waals surface area (Å²) >= 11 is 5.99. The summed E-state index contributed by atoms with van der Waals surface area (Å²) in [7, 11) is 0. The second kappa shape index (κ2) is 9.72. The lowest BCUT2D eigenvalue weighted by atomic mass is 10.1. The second-order valence-electron chi connectivity index (χ2n) is 7.01. The summed E-state index contributed by atoms with van der Waals surface area (Å²) in [5.74, 6) is 0.0885. The van der Waals surface area contributed by atoms with Crippen molar-refractivity contribution >= 4 is 23.2 Å². The van der Waals surface area contributed by atoms with E-state index in [0.29, 0.717) is 13.1 Å². The molecule has 1 N–H and O–H groups in total. The molecule has 0 bridgehead atoms. The number of hydrogen-bond acceptors (Lipinski definition) is 4. The van der Waals surface area contributed by atoms with Crippen molar-refractivity contribution in [3.05, 3.63) is 58.9 Å². The number of nitrogens with zero attached hydrogens (tertiary/aromatic N) is 3. The third-order valence-electron chi connectivity index (χ3n) is 4.91. The molecule has 1 fully saturated rings. The summed E-state index contributed by atoms with van der Waals surface area (Å²) in [5, 5.41) is 3.76. The first-order valence-electron chi connectivity index (χ1n) is 9.51. The molecule has 3 rings (SSSR count). The third-order valence-corrected chi connectivity index (χ3v) is 5.15. The molecule has 6 heteroatoms. The minimum Gasteiger partial charge on any atom is -0.370 e. The normalized spacial score (nSPS) is 15.4. The molecule has 2 aromatic rings.